The first-order valence-corrected chi connectivity index (χ1v) is 12.0. The number of phenols is 1. The van der Waals surface area contributed by atoms with Gasteiger partial charge in [0.1, 0.15) is 17.4 Å². The normalized spacial score (nSPS) is 12.6. The number of aryl methyl sites for hydroxylation is 1. The van der Waals surface area contributed by atoms with Crippen LogP contribution in [0.1, 0.15) is 40.9 Å². The molecule has 0 bridgehead atoms. The second-order valence-corrected chi connectivity index (χ2v) is 8.85. The average molecular weight is 512 g/mol. The molecule has 3 aromatic rings. The van der Waals surface area contributed by atoms with Crippen LogP contribution in [0.15, 0.2) is 60.7 Å². The zero-order valence-electron chi connectivity index (χ0n) is 20.7. The minimum absolute atomic E-state index is 0.0562. The number of aliphatic hydroxyl groups is 1. The molecule has 0 fully saturated rings. The lowest BCUT2D eigenvalue weighted by molar-refractivity contribution is -0.114. The van der Waals surface area contributed by atoms with Crippen LogP contribution in [0.25, 0.3) is 0 Å². The van der Waals surface area contributed by atoms with Crippen LogP contribution in [0.2, 0.25) is 0 Å². The molecule has 0 unspecified atom stereocenters. The molecule has 0 heterocycles. The summed E-state index contributed by atoms with van der Waals surface area (Å²) in [6, 6.07) is 14.1. The molecule has 0 saturated heterocycles. The summed E-state index contributed by atoms with van der Waals surface area (Å²) >= 11 is 0. The van der Waals surface area contributed by atoms with E-state index in [0.717, 1.165) is 30.2 Å². The number of carbonyl (C=O) groups is 2. The number of benzene rings is 3. The molecule has 3 aromatic carbocycles. The fourth-order valence-corrected chi connectivity index (χ4v) is 3.98. The molecule has 0 saturated carbocycles. The summed E-state index contributed by atoms with van der Waals surface area (Å²) in [7, 11) is 0. The van der Waals surface area contributed by atoms with Crippen molar-refractivity contribution in [1.29, 1.82) is 0 Å². The highest BCUT2D eigenvalue weighted by Gasteiger charge is 2.24. The van der Waals surface area contributed by atoms with Gasteiger partial charge in [-0.3, -0.25) is 9.59 Å². The number of hydrogen-bond acceptors (Lipinski definition) is 5. The maximum atomic E-state index is 13.8. The van der Waals surface area contributed by atoms with E-state index in [-0.39, 0.29) is 35.7 Å². The Kier molecular flexibility index (Phi) is 9.71. The third kappa shape index (κ3) is 8.37. The summed E-state index contributed by atoms with van der Waals surface area (Å²) < 4.78 is 27.6. The van der Waals surface area contributed by atoms with Crippen molar-refractivity contribution >= 4 is 17.5 Å². The number of carbonyl (C=O) groups excluding carboxylic acids is 2. The van der Waals surface area contributed by atoms with Crippen LogP contribution in [0.3, 0.4) is 0 Å². The number of aromatic hydroxyl groups is 1. The van der Waals surface area contributed by atoms with E-state index in [9.17, 15) is 28.6 Å². The van der Waals surface area contributed by atoms with E-state index >= 15 is 0 Å². The summed E-state index contributed by atoms with van der Waals surface area (Å²) in [5.41, 5.74) is 2.69. The lowest BCUT2D eigenvalue weighted by Gasteiger charge is -2.25. The monoisotopic (exact) mass is 511 g/mol. The minimum atomic E-state index is -1.12. The van der Waals surface area contributed by atoms with Crippen molar-refractivity contribution in [3.63, 3.8) is 0 Å². The van der Waals surface area contributed by atoms with E-state index in [0.29, 0.717) is 12.2 Å². The molecular formula is C28H31F2N3O4. The van der Waals surface area contributed by atoms with E-state index in [1.165, 1.54) is 30.7 Å². The van der Waals surface area contributed by atoms with Gasteiger partial charge in [-0.15, -0.1) is 0 Å². The van der Waals surface area contributed by atoms with Gasteiger partial charge in [0.2, 0.25) is 5.91 Å². The third-order valence-corrected chi connectivity index (χ3v) is 5.80. The summed E-state index contributed by atoms with van der Waals surface area (Å²) in [5.74, 6) is -2.94. The van der Waals surface area contributed by atoms with Gasteiger partial charge in [-0.05, 0) is 53.8 Å². The van der Waals surface area contributed by atoms with Gasteiger partial charge in [0, 0.05) is 37.8 Å². The number of hydrogen-bond donors (Lipinski definition) is 5. The summed E-state index contributed by atoms with van der Waals surface area (Å²) in [6.07, 6.45) is -0.280. The van der Waals surface area contributed by atoms with E-state index in [1.807, 2.05) is 18.2 Å². The van der Waals surface area contributed by atoms with E-state index in [2.05, 4.69) is 28.9 Å². The van der Waals surface area contributed by atoms with Crippen LogP contribution in [0.5, 0.6) is 5.75 Å². The average Bonchev–Trinajstić information content (AvgIpc) is 2.82. The lowest BCUT2D eigenvalue weighted by atomic mass is 9.99. The third-order valence-electron chi connectivity index (χ3n) is 5.80. The molecule has 2 amide bonds. The Balaban J connectivity index is 1.74. The van der Waals surface area contributed by atoms with Crippen molar-refractivity contribution in [1.82, 2.24) is 10.6 Å². The molecule has 37 heavy (non-hydrogen) atoms. The zero-order chi connectivity index (χ0) is 26.9. The molecule has 3 rings (SSSR count). The van der Waals surface area contributed by atoms with Crippen molar-refractivity contribution in [2.75, 3.05) is 11.9 Å². The lowest BCUT2D eigenvalue weighted by Crippen LogP contribution is -2.48. The highest BCUT2D eigenvalue weighted by Crippen LogP contribution is 2.22. The van der Waals surface area contributed by atoms with Crippen LogP contribution < -0.4 is 16.0 Å². The van der Waals surface area contributed by atoms with Crippen LogP contribution in [0.4, 0.5) is 14.5 Å². The highest BCUT2D eigenvalue weighted by atomic mass is 19.1. The first-order chi connectivity index (χ1) is 17.6. The van der Waals surface area contributed by atoms with Gasteiger partial charge in [0.05, 0.1) is 17.7 Å². The Morgan fingerprint density at radius 3 is 2.30 bits per heavy atom. The second kappa shape index (κ2) is 12.9. The molecule has 0 aromatic heterocycles. The summed E-state index contributed by atoms with van der Waals surface area (Å²) in [4.78, 5) is 24.2. The van der Waals surface area contributed by atoms with Crippen molar-refractivity contribution < 1.29 is 28.6 Å². The molecule has 2 atom stereocenters. The molecular weight excluding hydrogens is 480 g/mol. The van der Waals surface area contributed by atoms with Gasteiger partial charge < -0.3 is 26.2 Å². The smallest absolute Gasteiger partial charge is 0.255 e. The first kappa shape index (κ1) is 27.8. The SMILES string of the molecule is CCc1cccc(CNC[C@@H](O)[C@H](Cc2cc(F)cc(F)c2)NC(=O)c2ccc(NC(C)=O)cc2O)c1. The largest absolute Gasteiger partial charge is 0.507 e. The van der Waals surface area contributed by atoms with Gasteiger partial charge in [-0.1, -0.05) is 31.2 Å². The molecule has 5 N–H and O–H groups in total. The number of nitrogens with one attached hydrogen (secondary N) is 3. The fourth-order valence-electron chi connectivity index (χ4n) is 3.98. The topological polar surface area (TPSA) is 111 Å². The minimum Gasteiger partial charge on any atom is -0.507 e. The quantitative estimate of drug-likeness (QED) is 0.270. The van der Waals surface area contributed by atoms with Gasteiger partial charge in [-0.25, -0.2) is 8.78 Å². The van der Waals surface area contributed by atoms with E-state index in [1.54, 1.807) is 0 Å². The van der Waals surface area contributed by atoms with Gasteiger partial charge in [-0.2, -0.15) is 0 Å². The molecule has 0 spiro atoms. The molecule has 0 aliphatic carbocycles. The zero-order valence-corrected chi connectivity index (χ0v) is 20.7. The molecule has 9 heteroatoms. The van der Waals surface area contributed by atoms with Crippen LogP contribution in [-0.4, -0.2) is 40.7 Å². The second-order valence-electron chi connectivity index (χ2n) is 8.85. The Morgan fingerprint density at radius 2 is 1.65 bits per heavy atom. The van der Waals surface area contributed by atoms with Gasteiger partial charge >= 0.3 is 0 Å². The molecule has 7 nitrogen and oxygen atoms in total. The van der Waals surface area contributed by atoms with E-state index in [4.69, 9.17) is 0 Å². The fraction of sp³-hybridized carbons (Fsp3) is 0.286. The van der Waals surface area contributed by atoms with Crippen LogP contribution >= 0.6 is 0 Å². The summed E-state index contributed by atoms with van der Waals surface area (Å²) in [5, 5.41) is 29.6. The maximum Gasteiger partial charge on any atom is 0.255 e. The highest BCUT2D eigenvalue weighted by molar-refractivity contribution is 5.98. The predicted molar refractivity (Wildman–Crippen MR) is 137 cm³/mol. The molecule has 0 aliphatic heterocycles. The summed E-state index contributed by atoms with van der Waals surface area (Å²) in [6.45, 7) is 3.94. The predicted octanol–water partition coefficient (Wildman–Crippen LogP) is 3.68. The number of halogens is 2. The van der Waals surface area contributed by atoms with Crippen molar-refractivity contribution in [2.24, 2.45) is 0 Å². The van der Waals surface area contributed by atoms with Gasteiger partial charge in [0.25, 0.3) is 5.91 Å². The number of rotatable bonds is 11. The Hall–Kier alpha value is -3.82. The number of anilines is 1. The van der Waals surface area contributed by atoms with Crippen LogP contribution in [-0.2, 0) is 24.2 Å². The van der Waals surface area contributed by atoms with Crippen molar-refractivity contribution in [2.45, 2.75) is 45.4 Å². The van der Waals surface area contributed by atoms with Gasteiger partial charge in [0.15, 0.2) is 0 Å². The number of phenolic OH excluding ortho intramolecular Hbond substituents is 1. The molecule has 0 aliphatic rings. The number of amides is 2. The molecule has 0 radical (unpaired) electrons. The first-order valence-electron chi connectivity index (χ1n) is 12.0. The number of aliphatic hydroxyl groups excluding tert-OH is 1. The standard InChI is InChI=1S/C28H31F2N3O4/c1-3-18-5-4-6-19(9-18)15-31-16-27(36)25(12-20-10-21(29)13-22(30)11-20)33-28(37)24-8-7-23(14-26(24)35)32-17(2)34/h4-11,13-14,25,27,31,35-36H,3,12,15-16H2,1-2H3,(H,32,34)(H,33,37)/t25-,27+/m0/s1. The van der Waals surface area contributed by atoms with E-state index < -0.39 is 29.7 Å². The van der Waals surface area contributed by atoms with Crippen molar-refractivity contribution in [3.05, 3.63) is 94.6 Å². The Morgan fingerprint density at radius 1 is 0.946 bits per heavy atom. The maximum absolute atomic E-state index is 13.8. The Labute approximate surface area is 214 Å². The Bertz CT molecular complexity index is 1230. The van der Waals surface area contributed by atoms with Crippen LogP contribution in [0, 0.1) is 11.6 Å². The molecule has 196 valence electrons. The van der Waals surface area contributed by atoms with Crippen molar-refractivity contribution in [3.8, 4) is 5.75 Å².